The van der Waals surface area contributed by atoms with Gasteiger partial charge in [0.1, 0.15) is 0 Å². The quantitative estimate of drug-likeness (QED) is 0.835. The Balaban J connectivity index is 1.40. The molecule has 0 aliphatic carbocycles. The summed E-state index contributed by atoms with van der Waals surface area (Å²) in [5, 5.41) is -0.475. The van der Waals surface area contributed by atoms with Gasteiger partial charge in [-0.15, -0.1) is 0 Å². The molecule has 5 nitrogen and oxygen atoms in total. The standard InChI is InChI=1S/C20H22N2O3S/c23-20(22-12-17-8-4-5-9-18(17)13-22)21-11-10-19(14-21)26(24,25)15-16-6-2-1-3-7-16/h1-9,19H,10-15H2. The van der Waals surface area contributed by atoms with Gasteiger partial charge in [0, 0.05) is 26.2 Å². The number of rotatable bonds is 3. The van der Waals surface area contributed by atoms with Gasteiger partial charge < -0.3 is 9.80 Å². The van der Waals surface area contributed by atoms with Gasteiger partial charge in [-0.1, -0.05) is 54.6 Å². The van der Waals surface area contributed by atoms with Gasteiger partial charge in [0.2, 0.25) is 0 Å². The van der Waals surface area contributed by atoms with Crippen LogP contribution < -0.4 is 0 Å². The van der Waals surface area contributed by atoms with E-state index in [4.69, 9.17) is 0 Å². The molecule has 1 unspecified atom stereocenters. The Kier molecular flexibility index (Phi) is 4.44. The molecule has 4 rings (SSSR count). The van der Waals surface area contributed by atoms with E-state index in [1.54, 1.807) is 9.80 Å². The van der Waals surface area contributed by atoms with Crippen LogP contribution in [-0.2, 0) is 28.7 Å². The third-order valence-electron chi connectivity index (χ3n) is 5.25. The maximum atomic E-state index is 12.8. The molecule has 2 aliphatic heterocycles. The summed E-state index contributed by atoms with van der Waals surface area (Å²) >= 11 is 0. The van der Waals surface area contributed by atoms with E-state index < -0.39 is 15.1 Å². The molecule has 0 aromatic heterocycles. The average molecular weight is 370 g/mol. The van der Waals surface area contributed by atoms with Crippen molar-refractivity contribution >= 4 is 15.9 Å². The van der Waals surface area contributed by atoms with Crippen molar-refractivity contribution in [1.29, 1.82) is 0 Å². The van der Waals surface area contributed by atoms with Gasteiger partial charge >= 0.3 is 6.03 Å². The Hall–Kier alpha value is -2.34. The molecule has 0 spiro atoms. The zero-order chi connectivity index (χ0) is 18.1. The molecule has 0 N–H and O–H groups in total. The van der Waals surface area contributed by atoms with Crippen LogP contribution >= 0.6 is 0 Å². The van der Waals surface area contributed by atoms with Crippen molar-refractivity contribution in [3.05, 3.63) is 71.3 Å². The number of fused-ring (bicyclic) bond motifs is 1. The molecule has 2 aliphatic rings. The van der Waals surface area contributed by atoms with Crippen LogP contribution in [-0.4, -0.2) is 42.6 Å². The molecule has 26 heavy (non-hydrogen) atoms. The minimum atomic E-state index is -3.27. The maximum absolute atomic E-state index is 12.8. The fourth-order valence-electron chi connectivity index (χ4n) is 3.79. The number of amides is 2. The number of benzene rings is 2. The lowest BCUT2D eigenvalue weighted by molar-refractivity contribution is 0.162. The summed E-state index contributed by atoms with van der Waals surface area (Å²) in [5.74, 6) is 0.0374. The van der Waals surface area contributed by atoms with Gasteiger partial charge in [0.15, 0.2) is 9.84 Å². The van der Waals surface area contributed by atoms with Crippen LogP contribution in [0.2, 0.25) is 0 Å². The Bertz CT molecular complexity index is 887. The normalized spacial score (nSPS) is 19.6. The van der Waals surface area contributed by atoms with Gasteiger partial charge in [-0.3, -0.25) is 0 Å². The van der Waals surface area contributed by atoms with Crippen molar-refractivity contribution in [3.8, 4) is 0 Å². The van der Waals surface area contributed by atoms with Gasteiger partial charge in [0.25, 0.3) is 0 Å². The highest BCUT2D eigenvalue weighted by Crippen LogP contribution is 2.26. The number of hydrogen-bond donors (Lipinski definition) is 0. The average Bonchev–Trinajstić information content (AvgIpc) is 3.29. The van der Waals surface area contributed by atoms with E-state index in [0.29, 0.717) is 32.6 Å². The number of carbonyl (C=O) groups is 1. The van der Waals surface area contributed by atoms with Gasteiger partial charge in [-0.05, 0) is 23.1 Å². The molecule has 6 heteroatoms. The largest absolute Gasteiger partial charge is 0.323 e. The van der Waals surface area contributed by atoms with Crippen LogP contribution in [0.25, 0.3) is 0 Å². The number of urea groups is 1. The first-order valence-corrected chi connectivity index (χ1v) is 10.6. The topological polar surface area (TPSA) is 57.7 Å². The first-order chi connectivity index (χ1) is 12.5. The van der Waals surface area contributed by atoms with Crippen molar-refractivity contribution in [2.75, 3.05) is 13.1 Å². The Labute approximate surface area is 154 Å². The summed E-state index contributed by atoms with van der Waals surface area (Å²) in [5.41, 5.74) is 3.15. The first kappa shape index (κ1) is 17.1. The van der Waals surface area contributed by atoms with E-state index in [1.165, 1.54) is 11.1 Å². The maximum Gasteiger partial charge on any atom is 0.320 e. The van der Waals surface area contributed by atoms with E-state index >= 15 is 0 Å². The van der Waals surface area contributed by atoms with Crippen molar-refractivity contribution in [2.45, 2.75) is 30.5 Å². The van der Waals surface area contributed by atoms with E-state index in [9.17, 15) is 13.2 Å². The number of sulfone groups is 1. The van der Waals surface area contributed by atoms with Crippen LogP contribution in [0.4, 0.5) is 4.79 Å². The fraction of sp³-hybridized carbons (Fsp3) is 0.350. The molecular weight excluding hydrogens is 348 g/mol. The number of nitrogens with zero attached hydrogens (tertiary/aromatic N) is 2. The predicted octanol–water partition coefficient (Wildman–Crippen LogP) is 2.81. The highest BCUT2D eigenvalue weighted by atomic mass is 32.2. The number of carbonyl (C=O) groups excluding carboxylic acids is 1. The molecule has 1 fully saturated rings. The van der Waals surface area contributed by atoms with Gasteiger partial charge in [-0.2, -0.15) is 0 Å². The summed E-state index contributed by atoms with van der Waals surface area (Å²) in [7, 11) is -3.27. The molecule has 0 radical (unpaired) electrons. The van der Waals surface area contributed by atoms with Gasteiger partial charge in [0.05, 0.1) is 11.0 Å². The molecule has 2 aromatic rings. The highest BCUT2D eigenvalue weighted by molar-refractivity contribution is 7.91. The second kappa shape index (κ2) is 6.76. The summed E-state index contributed by atoms with van der Waals surface area (Å²) in [4.78, 5) is 16.3. The molecule has 2 heterocycles. The molecule has 0 bridgehead atoms. The fourth-order valence-corrected chi connectivity index (χ4v) is 5.55. The number of likely N-dealkylation sites (tertiary alicyclic amines) is 1. The van der Waals surface area contributed by atoms with Crippen LogP contribution in [0, 0.1) is 0 Å². The molecule has 1 atom stereocenters. The lowest BCUT2D eigenvalue weighted by atomic mass is 10.1. The summed E-state index contributed by atoms with van der Waals surface area (Å²) in [6.45, 7) is 2.01. The number of hydrogen-bond acceptors (Lipinski definition) is 3. The van der Waals surface area contributed by atoms with E-state index in [0.717, 1.165) is 5.56 Å². The smallest absolute Gasteiger partial charge is 0.320 e. The monoisotopic (exact) mass is 370 g/mol. The molecule has 1 saturated heterocycles. The first-order valence-electron chi connectivity index (χ1n) is 8.89. The van der Waals surface area contributed by atoms with Crippen molar-refractivity contribution in [1.82, 2.24) is 9.80 Å². The molecular formula is C20H22N2O3S. The van der Waals surface area contributed by atoms with Gasteiger partial charge in [-0.25, -0.2) is 13.2 Å². The minimum Gasteiger partial charge on any atom is -0.323 e. The second-order valence-electron chi connectivity index (χ2n) is 7.06. The zero-order valence-electron chi connectivity index (χ0n) is 14.5. The second-order valence-corrected chi connectivity index (χ2v) is 9.34. The Morgan fingerprint density at radius 1 is 0.923 bits per heavy atom. The van der Waals surface area contributed by atoms with E-state index in [2.05, 4.69) is 0 Å². The summed E-state index contributed by atoms with van der Waals surface area (Å²) < 4.78 is 25.4. The SMILES string of the molecule is O=C(N1Cc2ccccc2C1)N1CCC(S(=O)(=O)Cc2ccccc2)C1. The van der Waals surface area contributed by atoms with E-state index in [1.807, 2.05) is 54.6 Å². The van der Waals surface area contributed by atoms with Crippen LogP contribution in [0.3, 0.4) is 0 Å². The highest BCUT2D eigenvalue weighted by Gasteiger charge is 2.37. The lowest BCUT2D eigenvalue weighted by Crippen LogP contribution is -2.40. The van der Waals surface area contributed by atoms with Crippen LogP contribution in [0.5, 0.6) is 0 Å². The molecule has 136 valence electrons. The molecule has 2 amide bonds. The van der Waals surface area contributed by atoms with Crippen LogP contribution in [0.1, 0.15) is 23.1 Å². The third-order valence-corrected chi connectivity index (χ3v) is 7.38. The molecule has 2 aromatic carbocycles. The van der Waals surface area contributed by atoms with Crippen molar-refractivity contribution < 1.29 is 13.2 Å². The predicted molar refractivity (Wildman–Crippen MR) is 100 cm³/mol. The molecule has 0 saturated carbocycles. The van der Waals surface area contributed by atoms with Crippen molar-refractivity contribution in [3.63, 3.8) is 0 Å². The zero-order valence-corrected chi connectivity index (χ0v) is 15.4. The van der Waals surface area contributed by atoms with Crippen molar-refractivity contribution in [2.24, 2.45) is 0 Å². The summed E-state index contributed by atoms with van der Waals surface area (Å²) in [6.07, 6.45) is 0.516. The Morgan fingerprint density at radius 3 is 2.19 bits per heavy atom. The lowest BCUT2D eigenvalue weighted by Gasteiger charge is -2.24. The minimum absolute atomic E-state index is 0.0374. The summed E-state index contributed by atoms with van der Waals surface area (Å²) in [6, 6.07) is 17.2. The van der Waals surface area contributed by atoms with E-state index in [-0.39, 0.29) is 11.8 Å². The van der Waals surface area contributed by atoms with Crippen LogP contribution in [0.15, 0.2) is 54.6 Å². The Morgan fingerprint density at radius 2 is 1.54 bits per heavy atom. The third kappa shape index (κ3) is 3.33.